The van der Waals surface area contributed by atoms with E-state index in [1.54, 1.807) is 6.92 Å². The fraction of sp³-hybridized carbons (Fsp3) is 0.800. The van der Waals surface area contributed by atoms with Crippen LogP contribution in [0.5, 0.6) is 0 Å². The van der Waals surface area contributed by atoms with Crippen molar-refractivity contribution >= 4 is 11.9 Å². The topological polar surface area (TPSA) is 66.8 Å². The molecule has 0 fully saturated rings. The third-order valence-corrected chi connectivity index (χ3v) is 1.89. The van der Waals surface area contributed by atoms with E-state index in [1.807, 2.05) is 13.8 Å². The summed E-state index contributed by atoms with van der Waals surface area (Å²) in [5.41, 5.74) is 0. The highest BCUT2D eigenvalue weighted by molar-refractivity contribution is 6.32. The van der Waals surface area contributed by atoms with Crippen molar-refractivity contribution in [1.82, 2.24) is 4.90 Å². The number of hydrogen-bond donors (Lipinski definition) is 1. The third kappa shape index (κ3) is 4.78. The molecule has 0 saturated heterocycles. The van der Waals surface area contributed by atoms with Crippen molar-refractivity contribution in [2.24, 2.45) is 0 Å². The van der Waals surface area contributed by atoms with Crippen LogP contribution in [0.4, 0.5) is 0 Å². The molecule has 15 heavy (non-hydrogen) atoms. The standard InChI is InChI=1S/C10H19NO4/c1-4-15-10(14)9(13)11(8(2)3)6-5-7-12/h8,12H,4-7H2,1-3H3. The van der Waals surface area contributed by atoms with E-state index in [0.29, 0.717) is 13.0 Å². The van der Waals surface area contributed by atoms with E-state index < -0.39 is 11.9 Å². The molecule has 0 aliphatic rings. The van der Waals surface area contributed by atoms with Crippen molar-refractivity contribution in [2.45, 2.75) is 33.2 Å². The van der Waals surface area contributed by atoms with Gasteiger partial charge in [0.1, 0.15) is 0 Å². The smallest absolute Gasteiger partial charge is 0.397 e. The lowest BCUT2D eigenvalue weighted by molar-refractivity contribution is -0.160. The maximum absolute atomic E-state index is 11.6. The first-order valence-corrected chi connectivity index (χ1v) is 5.13. The molecular weight excluding hydrogens is 198 g/mol. The molecule has 1 N–H and O–H groups in total. The average molecular weight is 217 g/mol. The normalized spacial score (nSPS) is 10.2. The molecule has 0 atom stereocenters. The van der Waals surface area contributed by atoms with Gasteiger partial charge in [0.25, 0.3) is 0 Å². The highest BCUT2D eigenvalue weighted by atomic mass is 16.5. The molecule has 0 aliphatic heterocycles. The SMILES string of the molecule is CCOC(=O)C(=O)N(CCCO)C(C)C. The quantitative estimate of drug-likeness (QED) is 0.526. The Hall–Kier alpha value is -1.10. The highest BCUT2D eigenvalue weighted by Crippen LogP contribution is 2.02. The summed E-state index contributed by atoms with van der Waals surface area (Å²) in [5, 5.41) is 8.67. The van der Waals surface area contributed by atoms with Gasteiger partial charge in [0.2, 0.25) is 0 Å². The molecule has 0 radical (unpaired) electrons. The minimum atomic E-state index is -0.830. The molecule has 0 heterocycles. The van der Waals surface area contributed by atoms with Gasteiger partial charge in [-0.25, -0.2) is 4.79 Å². The van der Waals surface area contributed by atoms with Gasteiger partial charge in [-0.1, -0.05) is 0 Å². The fourth-order valence-electron chi connectivity index (χ4n) is 1.15. The molecule has 0 aromatic rings. The van der Waals surface area contributed by atoms with Crippen LogP contribution >= 0.6 is 0 Å². The van der Waals surface area contributed by atoms with E-state index in [-0.39, 0.29) is 19.3 Å². The van der Waals surface area contributed by atoms with Crippen LogP contribution in [0, 0.1) is 0 Å². The lowest BCUT2D eigenvalue weighted by Gasteiger charge is -2.25. The van der Waals surface area contributed by atoms with Crippen LogP contribution < -0.4 is 0 Å². The van der Waals surface area contributed by atoms with E-state index in [4.69, 9.17) is 5.11 Å². The second-order valence-corrected chi connectivity index (χ2v) is 3.39. The minimum Gasteiger partial charge on any atom is -0.459 e. The summed E-state index contributed by atoms with van der Waals surface area (Å²) in [7, 11) is 0. The van der Waals surface area contributed by atoms with E-state index in [0.717, 1.165) is 0 Å². The van der Waals surface area contributed by atoms with Gasteiger partial charge in [-0.05, 0) is 27.2 Å². The zero-order chi connectivity index (χ0) is 11.8. The number of ether oxygens (including phenoxy) is 1. The van der Waals surface area contributed by atoms with Gasteiger partial charge in [0.15, 0.2) is 0 Å². The Morgan fingerprint density at radius 3 is 2.40 bits per heavy atom. The Bertz CT molecular complexity index is 215. The van der Waals surface area contributed by atoms with Gasteiger partial charge < -0.3 is 14.7 Å². The predicted molar refractivity (Wildman–Crippen MR) is 55.2 cm³/mol. The second kappa shape index (κ2) is 7.23. The number of nitrogens with zero attached hydrogens (tertiary/aromatic N) is 1. The zero-order valence-corrected chi connectivity index (χ0v) is 9.52. The van der Waals surface area contributed by atoms with Gasteiger partial charge in [0.05, 0.1) is 6.61 Å². The van der Waals surface area contributed by atoms with E-state index >= 15 is 0 Å². The predicted octanol–water partition coefficient (Wildman–Crippen LogP) is 0.169. The summed E-state index contributed by atoms with van der Waals surface area (Å²) in [4.78, 5) is 24.1. The molecule has 0 bridgehead atoms. The molecule has 0 rings (SSSR count). The van der Waals surface area contributed by atoms with Gasteiger partial charge in [-0.2, -0.15) is 0 Å². The Morgan fingerprint density at radius 2 is 2.00 bits per heavy atom. The summed E-state index contributed by atoms with van der Waals surface area (Å²) in [6.07, 6.45) is 0.462. The van der Waals surface area contributed by atoms with Crippen molar-refractivity contribution < 1.29 is 19.4 Å². The number of hydrogen-bond acceptors (Lipinski definition) is 4. The van der Waals surface area contributed by atoms with Crippen LogP contribution in [0.15, 0.2) is 0 Å². The molecule has 5 nitrogen and oxygen atoms in total. The van der Waals surface area contributed by atoms with Crippen molar-refractivity contribution in [3.05, 3.63) is 0 Å². The number of aliphatic hydroxyl groups is 1. The van der Waals surface area contributed by atoms with Gasteiger partial charge in [0, 0.05) is 19.2 Å². The van der Waals surface area contributed by atoms with Crippen LogP contribution in [-0.2, 0) is 14.3 Å². The summed E-state index contributed by atoms with van der Waals surface area (Å²) in [5.74, 6) is -1.47. The monoisotopic (exact) mass is 217 g/mol. The van der Waals surface area contributed by atoms with E-state index in [2.05, 4.69) is 4.74 Å². The van der Waals surface area contributed by atoms with E-state index in [1.165, 1.54) is 4.90 Å². The molecule has 0 aromatic carbocycles. The van der Waals surface area contributed by atoms with Crippen LogP contribution in [0.25, 0.3) is 0 Å². The van der Waals surface area contributed by atoms with Gasteiger partial charge in [-0.3, -0.25) is 4.79 Å². The number of amides is 1. The lowest BCUT2D eigenvalue weighted by atomic mass is 10.3. The second-order valence-electron chi connectivity index (χ2n) is 3.39. The Balaban J connectivity index is 4.34. The molecular formula is C10H19NO4. The molecule has 1 amide bonds. The Kier molecular flexibility index (Phi) is 6.70. The summed E-state index contributed by atoms with van der Waals surface area (Å²) in [6, 6.07) is -0.0755. The molecule has 0 saturated carbocycles. The Morgan fingerprint density at radius 1 is 1.40 bits per heavy atom. The molecule has 0 aliphatic carbocycles. The van der Waals surface area contributed by atoms with Crippen LogP contribution in [0.1, 0.15) is 27.2 Å². The maximum atomic E-state index is 11.6. The van der Waals surface area contributed by atoms with Crippen molar-refractivity contribution in [2.75, 3.05) is 19.8 Å². The van der Waals surface area contributed by atoms with Crippen molar-refractivity contribution in [1.29, 1.82) is 0 Å². The molecule has 0 spiro atoms. The number of aliphatic hydroxyl groups excluding tert-OH is 1. The zero-order valence-electron chi connectivity index (χ0n) is 9.52. The number of carbonyl (C=O) groups excluding carboxylic acids is 2. The molecule has 0 aromatic heterocycles. The largest absolute Gasteiger partial charge is 0.459 e. The Labute approximate surface area is 90.0 Å². The first-order valence-electron chi connectivity index (χ1n) is 5.13. The lowest BCUT2D eigenvalue weighted by Crippen LogP contribution is -2.42. The number of esters is 1. The summed E-state index contributed by atoms with van der Waals surface area (Å²) >= 11 is 0. The van der Waals surface area contributed by atoms with Crippen molar-refractivity contribution in [3.63, 3.8) is 0 Å². The fourth-order valence-corrected chi connectivity index (χ4v) is 1.15. The summed E-state index contributed by atoms with van der Waals surface area (Å²) in [6.45, 7) is 5.84. The van der Waals surface area contributed by atoms with Gasteiger partial charge in [-0.15, -0.1) is 0 Å². The van der Waals surface area contributed by atoms with Crippen LogP contribution in [0.3, 0.4) is 0 Å². The van der Waals surface area contributed by atoms with E-state index in [9.17, 15) is 9.59 Å². The first kappa shape index (κ1) is 13.9. The molecule has 5 heteroatoms. The van der Waals surface area contributed by atoms with Gasteiger partial charge >= 0.3 is 11.9 Å². The number of carbonyl (C=O) groups is 2. The summed E-state index contributed by atoms with van der Waals surface area (Å²) < 4.78 is 4.62. The number of rotatable bonds is 5. The molecule has 0 unspecified atom stereocenters. The van der Waals surface area contributed by atoms with Crippen LogP contribution in [0.2, 0.25) is 0 Å². The van der Waals surface area contributed by atoms with Crippen molar-refractivity contribution in [3.8, 4) is 0 Å². The maximum Gasteiger partial charge on any atom is 0.397 e. The van der Waals surface area contributed by atoms with Crippen LogP contribution in [-0.4, -0.2) is 47.7 Å². The third-order valence-electron chi connectivity index (χ3n) is 1.89. The molecule has 88 valence electrons. The average Bonchev–Trinajstić information content (AvgIpc) is 2.18. The minimum absolute atomic E-state index is 0.000669. The first-order chi connectivity index (χ1) is 7.04. The highest BCUT2D eigenvalue weighted by Gasteiger charge is 2.24.